The van der Waals surface area contributed by atoms with Crippen molar-refractivity contribution in [2.75, 3.05) is 7.11 Å². The van der Waals surface area contributed by atoms with E-state index < -0.39 is 18.0 Å². The lowest BCUT2D eigenvalue weighted by Crippen LogP contribution is -2.11. The molecule has 9 nitrogen and oxygen atoms in total. The average molecular weight is 384 g/mol. The van der Waals surface area contributed by atoms with E-state index in [0.29, 0.717) is 34.6 Å². The Hall–Kier alpha value is -3.49. The van der Waals surface area contributed by atoms with E-state index in [1.807, 2.05) is 6.92 Å². The molecule has 0 spiro atoms. The van der Waals surface area contributed by atoms with Crippen LogP contribution in [-0.2, 0) is 15.9 Å². The fraction of sp³-hybridized carbons (Fsp3) is 0.316. The smallest absolute Gasteiger partial charge is 0.355 e. The number of aromatic nitrogens is 4. The largest absolute Gasteiger partial charge is 0.465 e. The van der Waals surface area contributed by atoms with Crippen LogP contribution in [0.15, 0.2) is 29.0 Å². The van der Waals surface area contributed by atoms with Crippen molar-refractivity contribution in [1.29, 1.82) is 0 Å². The van der Waals surface area contributed by atoms with Crippen LogP contribution < -0.4 is 0 Å². The Bertz CT molecular complexity index is 993. The van der Waals surface area contributed by atoms with Crippen molar-refractivity contribution >= 4 is 11.9 Å². The summed E-state index contributed by atoms with van der Waals surface area (Å²) in [7, 11) is 1.30. The van der Waals surface area contributed by atoms with Gasteiger partial charge in [-0.25, -0.2) is 9.59 Å². The molecule has 3 aromatic rings. The molecule has 0 fully saturated rings. The molecule has 0 radical (unpaired) electrons. The predicted molar refractivity (Wildman–Crippen MR) is 97.6 cm³/mol. The molecule has 1 unspecified atom stereocenters. The Kier molecular flexibility index (Phi) is 5.53. The van der Waals surface area contributed by atoms with Crippen LogP contribution in [0.4, 0.5) is 0 Å². The fourth-order valence-electron chi connectivity index (χ4n) is 2.79. The second kappa shape index (κ2) is 8.03. The van der Waals surface area contributed by atoms with E-state index in [-0.39, 0.29) is 11.6 Å². The number of carbonyl (C=O) groups excluding carboxylic acids is 2. The number of hydrogen-bond acceptors (Lipinski definition) is 8. The molecule has 0 saturated heterocycles. The molecule has 0 aliphatic carbocycles. The Balaban J connectivity index is 1.79. The van der Waals surface area contributed by atoms with Gasteiger partial charge in [-0.05, 0) is 38.0 Å². The highest BCUT2D eigenvalue weighted by Gasteiger charge is 2.27. The summed E-state index contributed by atoms with van der Waals surface area (Å²) in [6.07, 6.45) is 3.00. The third-order valence-electron chi connectivity index (χ3n) is 4.27. The molecule has 3 aromatic heterocycles. The molecule has 28 heavy (non-hydrogen) atoms. The summed E-state index contributed by atoms with van der Waals surface area (Å²) in [6, 6.07) is 3.55. The number of pyridine rings is 1. The number of esters is 2. The molecular weight excluding hydrogens is 364 g/mol. The third kappa shape index (κ3) is 3.64. The van der Waals surface area contributed by atoms with Gasteiger partial charge in [-0.3, -0.25) is 4.98 Å². The summed E-state index contributed by atoms with van der Waals surface area (Å²) in [5.74, 6) is -0.629. The Morgan fingerprint density at radius 1 is 1.32 bits per heavy atom. The number of aryl methyl sites for hydroxylation is 1. The van der Waals surface area contributed by atoms with Crippen molar-refractivity contribution < 1.29 is 23.6 Å². The van der Waals surface area contributed by atoms with Crippen LogP contribution in [0.25, 0.3) is 11.4 Å². The van der Waals surface area contributed by atoms with Crippen molar-refractivity contribution in [2.24, 2.45) is 0 Å². The number of methoxy groups -OCH3 is 1. The van der Waals surface area contributed by atoms with Gasteiger partial charge in [0.15, 0.2) is 6.10 Å². The number of nitrogens with zero attached hydrogens (tertiary/aromatic N) is 3. The maximum absolute atomic E-state index is 12.6. The number of hydrogen-bond donors (Lipinski definition) is 1. The lowest BCUT2D eigenvalue weighted by molar-refractivity contribution is 0.0258. The van der Waals surface area contributed by atoms with E-state index in [1.165, 1.54) is 7.11 Å². The van der Waals surface area contributed by atoms with Gasteiger partial charge in [0.25, 0.3) is 5.89 Å². The van der Waals surface area contributed by atoms with E-state index in [9.17, 15) is 9.59 Å². The minimum atomic E-state index is -0.778. The Labute approximate surface area is 161 Å². The quantitative estimate of drug-likeness (QED) is 0.644. The van der Waals surface area contributed by atoms with E-state index in [0.717, 1.165) is 0 Å². The SMILES string of the molecule is CCc1[nH]c(C(=O)OC(C)c2nc(-c3cccnc3)no2)c(C)c1C(=O)OC. The molecule has 0 aliphatic rings. The lowest BCUT2D eigenvalue weighted by Gasteiger charge is -2.08. The van der Waals surface area contributed by atoms with Crippen LogP contribution in [0.3, 0.4) is 0 Å². The molecule has 1 N–H and O–H groups in total. The molecule has 0 saturated carbocycles. The van der Waals surface area contributed by atoms with Crippen LogP contribution >= 0.6 is 0 Å². The van der Waals surface area contributed by atoms with Crippen molar-refractivity contribution in [2.45, 2.75) is 33.3 Å². The highest BCUT2D eigenvalue weighted by Crippen LogP contribution is 2.24. The molecule has 3 rings (SSSR count). The molecule has 0 aliphatic heterocycles. The van der Waals surface area contributed by atoms with Crippen LogP contribution in [0, 0.1) is 6.92 Å². The highest BCUT2D eigenvalue weighted by atomic mass is 16.6. The van der Waals surface area contributed by atoms with Crippen LogP contribution in [0.5, 0.6) is 0 Å². The van der Waals surface area contributed by atoms with Gasteiger partial charge in [0.05, 0.1) is 12.7 Å². The molecular formula is C19H20N4O5. The average Bonchev–Trinajstić information content (AvgIpc) is 3.33. The van der Waals surface area contributed by atoms with Crippen LogP contribution in [0.1, 0.15) is 57.9 Å². The summed E-state index contributed by atoms with van der Waals surface area (Å²) >= 11 is 0. The van der Waals surface area contributed by atoms with Crippen LogP contribution in [-0.4, -0.2) is 39.2 Å². The van der Waals surface area contributed by atoms with Gasteiger partial charge >= 0.3 is 11.9 Å². The molecule has 0 bridgehead atoms. The van der Waals surface area contributed by atoms with Crippen molar-refractivity contribution in [3.8, 4) is 11.4 Å². The summed E-state index contributed by atoms with van der Waals surface area (Å²) in [5, 5.41) is 3.88. The van der Waals surface area contributed by atoms with Gasteiger partial charge in [0.1, 0.15) is 5.69 Å². The van der Waals surface area contributed by atoms with Crippen molar-refractivity contribution in [3.63, 3.8) is 0 Å². The predicted octanol–water partition coefficient (Wildman–Crippen LogP) is 3.04. The number of carbonyl (C=O) groups is 2. The zero-order chi connectivity index (χ0) is 20.3. The van der Waals surface area contributed by atoms with Gasteiger partial charge in [0.2, 0.25) is 5.82 Å². The zero-order valence-electron chi connectivity index (χ0n) is 16.0. The summed E-state index contributed by atoms with van der Waals surface area (Å²) in [6.45, 7) is 5.16. The van der Waals surface area contributed by atoms with Crippen molar-refractivity contribution in [1.82, 2.24) is 20.1 Å². The first kappa shape index (κ1) is 19.3. The summed E-state index contributed by atoms with van der Waals surface area (Å²) < 4.78 is 15.4. The molecule has 3 heterocycles. The van der Waals surface area contributed by atoms with Gasteiger partial charge in [-0.2, -0.15) is 4.98 Å². The van der Waals surface area contributed by atoms with Gasteiger partial charge in [0, 0.05) is 23.7 Å². The molecule has 9 heteroatoms. The minimum Gasteiger partial charge on any atom is -0.465 e. The van der Waals surface area contributed by atoms with Crippen molar-refractivity contribution in [3.05, 3.63) is 52.9 Å². The third-order valence-corrected chi connectivity index (χ3v) is 4.27. The Morgan fingerprint density at radius 2 is 2.11 bits per heavy atom. The van der Waals surface area contributed by atoms with Gasteiger partial charge in [-0.1, -0.05) is 12.1 Å². The van der Waals surface area contributed by atoms with Crippen LogP contribution in [0.2, 0.25) is 0 Å². The normalized spacial score (nSPS) is 11.9. The van der Waals surface area contributed by atoms with E-state index in [1.54, 1.807) is 38.4 Å². The topological polar surface area (TPSA) is 120 Å². The maximum Gasteiger partial charge on any atom is 0.355 e. The highest BCUT2D eigenvalue weighted by molar-refractivity contribution is 5.98. The fourth-order valence-corrected chi connectivity index (χ4v) is 2.79. The first-order chi connectivity index (χ1) is 13.5. The number of H-pyrrole nitrogens is 1. The minimum absolute atomic E-state index is 0.153. The monoisotopic (exact) mass is 384 g/mol. The van der Waals surface area contributed by atoms with Gasteiger partial charge < -0.3 is 19.0 Å². The molecule has 1 atom stereocenters. The summed E-state index contributed by atoms with van der Waals surface area (Å²) in [4.78, 5) is 35.8. The van der Waals surface area contributed by atoms with Gasteiger partial charge in [-0.15, -0.1) is 0 Å². The zero-order valence-corrected chi connectivity index (χ0v) is 16.0. The number of aromatic amines is 1. The number of rotatable bonds is 6. The standard InChI is InChI=1S/C19H20N4O5/c1-5-13-14(18(24)26-4)10(2)15(21-13)19(25)27-11(3)17-22-16(23-28-17)12-7-6-8-20-9-12/h6-9,11,21H,5H2,1-4H3. The van der Waals surface area contributed by atoms with E-state index in [4.69, 9.17) is 14.0 Å². The first-order valence-electron chi connectivity index (χ1n) is 8.71. The molecule has 0 aromatic carbocycles. The maximum atomic E-state index is 12.6. The first-order valence-corrected chi connectivity index (χ1v) is 8.71. The number of ether oxygens (including phenoxy) is 2. The van der Waals surface area contributed by atoms with E-state index >= 15 is 0 Å². The Morgan fingerprint density at radius 3 is 2.75 bits per heavy atom. The molecule has 0 amide bonds. The second-order valence-electron chi connectivity index (χ2n) is 6.07. The molecule has 146 valence electrons. The second-order valence-corrected chi connectivity index (χ2v) is 6.07. The lowest BCUT2D eigenvalue weighted by atomic mass is 10.1. The van der Waals surface area contributed by atoms with E-state index in [2.05, 4.69) is 20.1 Å². The summed E-state index contributed by atoms with van der Waals surface area (Å²) in [5.41, 5.74) is 2.31. The number of nitrogens with one attached hydrogen (secondary N) is 1.